The topological polar surface area (TPSA) is 122 Å². The second kappa shape index (κ2) is 5.93. The van der Waals surface area contributed by atoms with Crippen LogP contribution in [0.4, 0.5) is 0 Å². The van der Waals surface area contributed by atoms with Crippen LogP contribution in [0.15, 0.2) is 42.0 Å². The Balaban J connectivity index is 2.04. The zero-order chi connectivity index (χ0) is 20.3. The first-order chi connectivity index (χ1) is 13.2. The van der Waals surface area contributed by atoms with Gasteiger partial charge >= 0.3 is 0 Å². The van der Waals surface area contributed by atoms with Crippen molar-refractivity contribution in [1.82, 2.24) is 0 Å². The molecule has 1 aromatic carbocycles. The van der Waals surface area contributed by atoms with E-state index in [1.807, 2.05) is 12.1 Å². The average Bonchev–Trinajstić information content (AvgIpc) is 2.64. The minimum absolute atomic E-state index is 0.0728. The summed E-state index contributed by atoms with van der Waals surface area (Å²) in [6.45, 7) is 5.43. The van der Waals surface area contributed by atoms with Crippen molar-refractivity contribution in [2.45, 2.75) is 36.3 Å². The number of hydrogen-bond acceptors (Lipinski definition) is 5. The Morgan fingerprint density at radius 3 is 2.89 bits per heavy atom. The lowest BCUT2D eigenvalue weighted by Crippen LogP contribution is -2.77. The lowest BCUT2D eigenvalue weighted by Gasteiger charge is -2.63. The van der Waals surface area contributed by atoms with Gasteiger partial charge in [0.25, 0.3) is 5.91 Å². The standard InChI is InChI=1S/C21H26N4O3/c1-3-9-25(2)10-8-20-12-14(24-23)6-7-21(20,28)16(25)11-13-4-5-15(19(22)27)18(26)17(13)20/h3-7,16,28H,1,8-12,23H2,2H3,(H2-,22,26,27)/p+1. The number of phenols is 1. The molecule has 148 valence electrons. The number of likely N-dealkylation sites (tertiary alicyclic amines) is 1. The largest absolute Gasteiger partial charge is 0.507 e. The number of amides is 1. The molecule has 4 unspecified atom stereocenters. The summed E-state index contributed by atoms with van der Waals surface area (Å²) in [5, 5.41) is 27.0. The molecule has 0 radical (unpaired) electrons. The van der Waals surface area contributed by atoms with Crippen LogP contribution in [0.25, 0.3) is 0 Å². The van der Waals surface area contributed by atoms with E-state index in [2.05, 4.69) is 18.7 Å². The highest BCUT2D eigenvalue weighted by molar-refractivity contribution is 5.99. The van der Waals surface area contributed by atoms with Gasteiger partial charge in [-0.05, 0) is 29.9 Å². The van der Waals surface area contributed by atoms with Crippen molar-refractivity contribution in [3.63, 3.8) is 0 Å². The summed E-state index contributed by atoms with van der Waals surface area (Å²) in [5.74, 6) is 4.75. The van der Waals surface area contributed by atoms with E-state index in [1.165, 1.54) is 0 Å². The summed E-state index contributed by atoms with van der Waals surface area (Å²) < 4.78 is 0.652. The Bertz CT molecular complexity index is 940. The van der Waals surface area contributed by atoms with E-state index in [0.29, 0.717) is 35.0 Å². The van der Waals surface area contributed by atoms with E-state index in [4.69, 9.17) is 11.6 Å². The number of hydrazone groups is 1. The second-order valence-electron chi connectivity index (χ2n) is 8.54. The Kier molecular flexibility index (Phi) is 3.96. The van der Waals surface area contributed by atoms with Crippen LogP contribution in [0.1, 0.15) is 34.3 Å². The van der Waals surface area contributed by atoms with Crippen molar-refractivity contribution in [2.24, 2.45) is 16.7 Å². The number of likely N-dealkylation sites (N-methyl/N-ethyl adjacent to an activating group) is 1. The number of carbonyl (C=O) groups excluding carboxylic acids is 1. The quantitative estimate of drug-likeness (QED) is 0.266. The first-order valence-corrected chi connectivity index (χ1v) is 9.51. The zero-order valence-corrected chi connectivity index (χ0v) is 16.1. The van der Waals surface area contributed by atoms with Gasteiger partial charge in [-0.25, -0.2) is 0 Å². The number of allylic oxidation sites excluding steroid dienone is 1. The van der Waals surface area contributed by atoms with Gasteiger partial charge in [-0.3, -0.25) is 4.79 Å². The van der Waals surface area contributed by atoms with Gasteiger partial charge in [0.15, 0.2) is 0 Å². The van der Waals surface area contributed by atoms with E-state index in [9.17, 15) is 15.0 Å². The molecule has 1 fully saturated rings. The Hall–Kier alpha value is -2.64. The molecule has 7 nitrogen and oxygen atoms in total. The molecule has 1 saturated heterocycles. The van der Waals surface area contributed by atoms with Crippen LogP contribution in [-0.4, -0.2) is 58.1 Å². The van der Waals surface area contributed by atoms with Gasteiger partial charge in [-0.2, -0.15) is 5.10 Å². The number of fused-ring (bicyclic) bond motifs is 1. The van der Waals surface area contributed by atoms with Gasteiger partial charge in [0.1, 0.15) is 17.4 Å². The third-order valence-corrected chi connectivity index (χ3v) is 7.22. The summed E-state index contributed by atoms with van der Waals surface area (Å²) in [7, 11) is 2.14. The SMILES string of the molecule is C=CC[N+]1(C)CCC23CC(=NN)C=CC2(O)C1Cc1ccc(C(N)=O)c(O)c13. The third kappa shape index (κ3) is 2.17. The van der Waals surface area contributed by atoms with Crippen LogP contribution in [0.5, 0.6) is 5.75 Å². The number of piperidine rings is 1. The van der Waals surface area contributed by atoms with Crippen molar-refractivity contribution < 1.29 is 19.5 Å². The van der Waals surface area contributed by atoms with Gasteiger partial charge in [-0.1, -0.05) is 12.6 Å². The molecule has 4 rings (SSSR count). The molecule has 1 amide bonds. The van der Waals surface area contributed by atoms with Crippen LogP contribution < -0.4 is 11.6 Å². The predicted octanol–water partition coefficient (Wildman–Crippen LogP) is 0.696. The average molecular weight is 383 g/mol. The first kappa shape index (κ1) is 18.7. The Labute approximate surface area is 164 Å². The minimum atomic E-state index is -1.21. The highest BCUT2D eigenvalue weighted by Gasteiger charge is 2.68. The molecule has 3 aliphatic rings. The third-order valence-electron chi connectivity index (χ3n) is 7.22. The fraction of sp³-hybridized carbons (Fsp3) is 0.429. The van der Waals surface area contributed by atoms with Gasteiger partial charge in [0.2, 0.25) is 0 Å². The summed E-state index contributed by atoms with van der Waals surface area (Å²) in [4.78, 5) is 11.9. The smallest absolute Gasteiger partial charge is 0.252 e. The maximum atomic E-state index is 12.1. The lowest BCUT2D eigenvalue weighted by atomic mass is 9.50. The van der Waals surface area contributed by atoms with Crippen molar-refractivity contribution in [3.8, 4) is 5.75 Å². The maximum absolute atomic E-state index is 12.1. The summed E-state index contributed by atoms with van der Waals surface area (Å²) in [5.41, 5.74) is 5.72. The Morgan fingerprint density at radius 2 is 2.25 bits per heavy atom. The van der Waals surface area contributed by atoms with Gasteiger partial charge in [0.05, 0.1) is 31.4 Å². The van der Waals surface area contributed by atoms with Crippen molar-refractivity contribution >= 4 is 11.6 Å². The van der Waals surface area contributed by atoms with Crippen molar-refractivity contribution in [1.29, 1.82) is 0 Å². The molecule has 28 heavy (non-hydrogen) atoms. The fourth-order valence-corrected chi connectivity index (χ4v) is 5.82. The van der Waals surface area contributed by atoms with Crippen molar-refractivity contribution in [3.05, 3.63) is 53.6 Å². The second-order valence-corrected chi connectivity index (χ2v) is 8.54. The number of nitrogens with zero attached hydrogens (tertiary/aromatic N) is 2. The highest BCUT2D eigenvalue weighted by Crippen LogP contribution is 2.59. The summed E-state index contributed by atoms with van der Waals surface area (Å²) in [6.07, 6.45) is 7.02. The predicted molar refractivity (Wildman–Crippen MR) is 107 cm³/mol. The summed E-state index contributed by atoms with van der Waals surface area (Å²) in [6, 6.07) is 3.30. The van der Waals surface area contributed by atoms with Gasteiger partial charge in [-0.15, -0.1) is 0 Å². The number of nitrogens with two attached hydrogens (primary N) is 2. The molecule has 7 heteroatoms. The molecule has 4 atom stereocenters. The highest BCUT2D eigenvalue weighted by atomic mass is 16.3. The molecule has 1 aromatic rings. The van der Waals surface area contributed by atoms with Gasteiger partial charge in [0, 0.05) is 30.2 Å². The molecule has 0 aromatic heterocycles. The van der Waals surface area contributed by atoms with E-state index in [0.717, 1.165) is 18.7 Å². The van der Waals surface area contributed by atoms with Crippen LogP contribution in [0, 0.1) is 0 Å². The zero-order valence-electron chi connectivity index (χ0n) is 16.1. The molecule has 0 saturated carbocycles. The monoisotopic (exact) mass is 383 g/mol. The van der Waals surface area contributed by atoms with Gasteiger partial charge < -0.3 is 26.3 Å². The first-order valence-electron chi connectivity index (χ1n) is 9.51. The molecule has 2 bridgehead atoms. The molecule has 0 spiro atoms. The van der Waals surface area contributed by atoms with E-state index in [-0.39, 0.29) is 17.4 Å². The van der Waals surface area contributed by atoms with E-state index < -0.39 is 16.9 Å². The molecular formula is C21H27N4O3+. The maximum Gasteiger partial charge on any atom is 0.252 e. The lowest BCUT2D eigenvalue weighted by molar-refractivity contribution is -0.942. The van der Waals surface area contributed by atoms with E-state index >= 15 is 0 Å². The van der Waals surface area contributed by atoms with E-state index in [1.54, 1.807) is 18.2 Å². The number of rotatable bonds is 3. The molecular weight excluding hydrogens is 356 g/mol. The van der Waals surface area contributed by atoms with Crippen LogP contribution in [0.3, 0.4) is 0 Å². The number of quaternary nitrogens is 1. The van der Waals surface area contributed by atoms with Crippen LogP contribution >= 0.6 is 0 Å². The molecule has 6 N–H and O–H groups in total. The normalized spacial score (nSPS) is 37.2. The fourth-order valence-electron chi connectivity index (χ4n) is 5.82. The molecule has 1 heterocycles. The van der Waals surface area contributed by atoms with Crippen LogP contribution in [-0.2, 0) is 11.8 Å². The van der Waals surface area contributed by atoms with Crippen molar-refractivity contribution in [2.75, 3.05) is 20.1 Å². The minimum Gasteiger partial charge on any atom is -0.507 e. The molecule has 2 aliphatic carbocycles. The van der Waals surface area contributed by atoms with Crippen LogP contribution in [0.2, 0.25) is 0 Å². The number of carbonyl (C=O) groups is 1. The number of benzene rings is 1. The number of primary amides is 1. The number of hydrogen-bond donors (Lipinski definition) is 4. The summed E-state index contributed by atoms with van der Waals surface area (Å²) >= 11 is 0. The number of aromatic hydroxyl groups is 1. The molecule has 1 aliphatic heterocycles. The Morgan fingerprint density at radius 1 is 1.50 bits per heavy atom. The number of aliphatic hydroxyl groups is 1.